The number of rotatable bonds is 6. The second-order valence-corrected chi connectivity index (χ2v) is 8.21. The lowest BCUT2D eigenvalue weighted by atomic mass is 9.88. The number of carbonyl (C=O) groups is 3. The van der Waals surface area contributed by atoms with Gasteiger partial charge in [0.05, 0.1) is 6.26 Å². The van der Waals surface area contributed by atoms with E-state index in [0.29, 0.717) is 37.3 Å². The van der Waals surface area contributed by atoms with E-state index in [1.807, 2.05) is 19.1 Å². The van der Waals surface area contributed by atoms with Crippen LogP contribution in [0.4, 0.5) is 0 Å². The highest BCUT2D eigenvalue weighted by Gasteiger charge is 2.36. The fourth-order valence-corrected chi connectivity index (χ4v) is 3.84. The topological polar surface area (TPSA) is 91.7 Å². The maximum Gasteiger partial charge on any atom is 0.289 e. The van der Waals surface area contributed by atoms with Crippen LogP contribution in [0.25, 0.3) is 0 Å². The van der Waals surface area contributed by atoms with Crippen LogP contribution < -0.4 is 10.6 Å². The van der Waals surface area contributed by atoms with Crippen molar-refractivity contribution in [2.75, 3.05) is 13.1 Å². The quantitative estimate of drug-likeness (QED) is 0.767. The van der Waals surface area contributed by atoms with Crippen LogP contribution in [-0.2, 0) is 4.79 Å². The Morgan fingerprint density at radius 1 is 1.03 bits per heavy atom. The molecule has 0 radical (unpaired) electrons. The van der Waals surface area contributed by atoms with Gasteiger partial charge in [-0.1, -0.05) is 17.7 Å². The highest BCUT2D eigenvalue weighted by molar-refractivity contribution is 5.97. The largest absolute Gasteiger partial charge is 0.459 e. The van der Waals surface area contributed by atoms with E-state index in [-0.39, 0.29) is 29.7 Å². The van der Waals surface area contributed by atoms with Gasteiger partial charge in [-0.05, 0) is 62.8 Å². The van der Waals surface area contributed by atoms with Crippen molar-refractivity contribution in [1.82, 2.24) is 15.5 Å². The molecule has 1 atom stereocenters. The number of nitrogens with zero attached hydrogens (tertiary/aromatic N) is 1. The van der Waals surface area contributed by atoms with Gasteiger partial charge in [-0.2, -0.15) is 0 Å². The lowest BCUT2D eigenvalue weighted by Gasteiger charge is -2.35. The van der Waals surface area contributed by atoms with Crippen molar-refractivity contribution in [2.24, 2.45) is 5.92 Å². The summed E-state index contributed by atoms with van der Waals surface area (Å²) < 4.78 is 5.21. The van der Waals surface area contributed by atoms with Crippen molar-refractivity contribution >= 4 is 17.7 Å². The van der Waals surface area contributed by atoms with E-state index in [9.17, 15) is 14.4 Å². The van der Waals surface area contributed by atoms with Gasteiger partial charge in [0.25, 0.3) is 11.8 Å². The molecule has 7 nitrogen and oxygen atoms in total. The van der Waals surface area contributed by atoms with Gasteiger partial charge in [0.2, 0.25) is 5.91 Å². The summed E-state index contributed by atoms with van der Waals surface area (Å²) in [5, 5.41) is 5.98. The molecule has 2 heterocycles. The third kappa shape index (κ3) is 4.72. The van der Waals surface area contributed by atoms with Crippen molar-refractivity contribution in [3.05, 3.63) is 59.5 Å². The second-order valence-electron chi connectivity index (χ2n) is 8.21. The number of amides is 3. The first kappa shape index (κ1) is 20.2. The molecular weight excluding hydrogens is 382 g/mol. The second kappa shape index (κ2) is 8.73. The summed E-state index contributed by atoms with van der Waals surface area (Å²) in [6, 6.07) is 10.3. The molecule has 1 aromatic carbocycles. The number of piperidine rings is 1. The van der Waals surface area contributed by atoms with Crippen molar-refractivity contribution < 1.29 is 18.8 Å². The molecular formula is C23H27N3O4. The molecule has 30 heavy (non-hydrogen) atoms. The Morgan fingerprint density at radius 3 is 2.33 bits per heavy atom. The molecule has 2 N–H and O–H groups in total. The highest BCUT2D eigenvalue weighted by Crippen LogP contribution is 2.25. The van der Waals surface area contributed by atoms with Crippen LogP contribution in [0.15, 0.2) is 47.1 Å². The summed E-state index contributed by atoms with van der Waals surface area (Å²) in [6.07, 6.45) is 4.74. The van der Waals surface area contributed by atoms with E-state index in [0.717, 1.165) is 18.4 Å². The molecule has 4 rings (SSSR count). The molecule has 2 aromatic rings. The van der Waals surface area contributed by atoms with E-state index < -0.39 is 6.04 Å². The molecule has 1 aliphatic heterocycles. The van der Waals surface area contributed by atoms with Gasteiger partial charge in [0.1, 0.15) is 6.04 Å². The van der Waals surface area contributed by atoms with Crippen LogP contribution in [0.2, 0.25) is 0 Å². The highest BCUT2D eigenvalue weighted by atomic mass is 16.3. The average molecular weight is 409 g/mol. The number of carbonyl (C=O) groups excluding carboxylic acids is 3. The molecule has 1 unspecified atom stereocenters. The van der Waals surface area contributed by atoms with E-state index in [1.165, 1.54) is 6.26 Å². The van der Waals surface area contributed by atoms with Crippen molar-refractivity contribution in [1.29, 1.82) is 0 Å². The van der Waals surface area contributed by atoms with Crippen molar-refractivity contribution in [2.45, 2.75) is 44.7 Å². The monoisotopic (exact) mass is 409 g/mol. The number of benzene rings is 1. The number of aryl methyl sites for hydroxylation is 1. The predicted octanol–water partition coefficient (Wildman–Crippen LogP) is 2.52. The molecule has 2 aliphatic rings. The minimum atomic E-state index is -0.611. The number of hydrogen-bond acceptors (Lipinski definition) is 4. The zero-order valence-corrected chi connectivity index (χ0v) is 17.1. The first-order valence-corrected chi connectivity index (χ1v) is 10.5. The zero-order valence-electron chi connectivity index (χ0n) is 17.1. The molecule has 1 saturated heterocycles. The van der Waals surface area contributed by atoms with Crippen LogP contribution in [0.3, 0.4) is 0 Å². The van der Waals surface area contributed by atoms with Gasteiger partial charge in [-0.15, -0.1) is 0 Å². The molecule has 3 amide bonds. The fourth-order valence-electron chi connectivity index (χ4n) is 3.84. The first-order chi connectivity index (χ1) is 14.5. The van der Waals surface area contributed by atoms with Gasteiger partial charge in [-0.3, -0.25) is 14.4 Å². The van der Waals surface area contributed by atoms with Crippen LogP contribution in [0, 0.1) is 12.8 Å². The Balaban J connectivity index is 1.42. The average Bonchev–Trinajstić information content (AvgIpc) is 3.40. The standard InChI is InChI=1S/C23H27N3O4/c1-15-4-6-17(7-5-15)21(27)25-20(22(28)24-18-8-9-18)16-10-12-26(13-11-16)23(29)19-3-2-14-30-19/h2-7,14,16,18,20H,8-13H2,1H3,(H,24,28)(H,25,27). The van der Waals surface area contributed by atoms with E-state index in [1.54, 1.807) is 29.2 Å². The van der Waals surface area contributed by atoms with Gasteiger partial charge < -0.3 is 20.0 Å². The fraction of sp³-hybridized carbons (Fsp3) is 0.435. The van der Waals surface area contributed by atoms with E-state index in [4.69, 9.17) is 4.42 Å². The Kier molecular flexibility index (Phi) is 5.88. The lowest BCUT2D eigenvalue weighted by molar-refractivity contribution is -0.124. The SMILES string of the molecule is Cc1ccc(C(=O)NC(C(=O)NC2CC2)C2CCN(C(=O)c3ccco3)CC2)cc1. The molecule has 7 heteroatoms. The normalized spacial score (nSPS) is 18.0. The molecule has 1 saturated carbocycles. The third-order valence-corrected chi connectivity index (χ3v) is 5.84. The number of furan rings is 1. The van der Waals surface area contributed by atoms with Crippen LogP contribution in [0.5, 0.6) is 0 Å². The van der Waals surface area contributed by atoms with Crippen LogP contribution >= 0.6 is 0 Å². The van der Waals surface area contributed by atoms with E-state index in [2.05, 4.69) is 10.6 Å². The molecule has 2 fully saturated rings. The summed E-state index contributed by atoms with van der Waals surface area (Å²) in [5.74, 6) is -0.224. The van der Waals surface area contributed by atoms with Crippen LogP contribution in [0.1, 0.15) is 52.2 Å². The Morgan fingerprint density at radius 2 is 1.73 bits per heavy atom. The minimum Gasteiger partial charge on any atom is -0.459 e. The number of nitrogens with one attached hydrogen (secondary N) is 2. The lowest BCUT2D eigenvalue weighted by Crippen LogP contribution is -2.54. The van der Waals surface area contributed by atoms with Crippen LogP contribution in [-0.4, -0.2) is 47.8 Å². The Labute approximate surface area is 175 Å². The van der Waals surface area contributed by atoms with Gasteiger partial charge in [0.15, 0.2) is 5.76 Å². The summed E-state index contributed by atoms with van der Waals surface area (Å²) in [7, 11) is 0. The predicted molar refractivity (Wildman–Crippen MR) is 111 cm³/mol. The Bertz CT molecular complexity index is 895. The first-order valence-electron chi connectivity index (χ1n) is 10.5. The molecule has 0 bridgehead atoms. The Hall–Kier alpha value is -3.09. The third-order valence-electron chi connectivity index (χ3n) is 5.84. The molecule has 1 aliphatic carbocycles. The summed E-state index contributed by atoms with van der Waals surface area (Å²) in [5.41, 5.74) is 1.61. The van der Waals surface area contributed by atoms with Gasteiger partial charge >= 0.3 is 0 Å². The summed E-state index contributed by atoms with van der Waals surface area (Å²) >= 11 is 0. The summed E-state index contributed by atoms with van der Waals surface area (Å²) in [6.45, 7) is 3.01. The maximum absolute atomic E-state index is 12.9. The number of hydrogen-bond donors (Lipinski definition) is 2. The smallest absolute Gasteiger partial charge is 0.289 e. The molecule has 1 aromatic heterocycles. The zero-order chi connectivity index (χ0) is 21.1. The number of likely N-dealkylation sites (tertiary alicyclic amines) is 1. The van der Waals surface area contributed by atoms with E-state index >= 15 is 0 Å². The summed E-state index contributed by atoms with van der Waals surface area (Å²) in [4.78, 5) is 39.9. The minimum absolute atomic E-state index is 0.0289. The maximum atomic E-state index is 12.9. The van der Waals surface area contributed by atoms with Crippen molar-refractivity contribution in [3.8, 4) is 0 Å². The van der Waals surface area contributed by atoms with Gasteiger partial charge in [-0.25, -0.2) is 0 Å². The van der Waals surface area contributed by atoms with Gasteiger partial charge in [0, 0.05) is 24.7 Å². The van der Waals surface area contributed by atoms with Crippen molar-refractivity contribution in [3.63, 3.8) is 0 Å². The molecule has 158 valence electrons. The molecule has 0 spiro atoms.